The summed E-state index contributed by atoms with van der Waals surface area (Å²) < 4.78 is 29.6. The van der Waals surface area contributed by atoms with Crippen molar-refractivity contribution in [3.8, 4) is 0 Å². The van der Waals surface area contributed by atoms with Gasteiger partial charge in [-0.25, -0.2) is 8.42 Å². The fourth-order valence-electron chi connectivity index (χ4n) is 3.27. The zero-order chi connectivity index (χ0) is 22.2. The number of hydrogen-bond acceptors (Lipinski definition) is 4. The molecule has 0 bridgehead atoms. The lowest BCUT2D eigenvalue weighted by molar-refractivity contribution is 0.467. The van der Waals surface area contributed by atoms with E-state index in [1.54, 1.807) is 47.0 Å². The second-order valence-corrected chi connectivity index (χ2v) is 10.9. The van der Waals surface area contributed by atoms with E-state index in [-0.39, 0.29) is 16.3 Å². The first-order chi connectivity index (χ1) is 14.8. The largest absolute Gasteiger partial charge is 0.308 e. The molecule has 5 nitrogen and oxygen atoms in total. The number of nitrogens with zero attached hydrogens (tertiary/aromatic N) is 2. The Kier molecular flexibility index (Phi) is 6.23. The molecule has 0 saturated carbocycles. The molecule has 4 aromatic rings. The molecule has 31 heavy (non-hydrogen) atoms. The number of aromatic nitrogens is 1. The van der Waals surface area contributed by atoms with E-state index in [0.717, 1.165) is 22.5 Å². The molecule has 0 atom stereocenters. The van der Waals surface area contributed by atoms with Gasteiger partial charge in [0, 0.05) is 23.6 Å². The summed E-state index contributed by atoms with van der Waals surface area (Å²) in [5.41, 5.74) is 2.33. The van der Waals surface area contributed by atoms with E-state index in [4.69, 9.17) is 23.2 Å². The minimum atomic E-state index is -3.73. The summed E-state index contributed by atoms with van der Waals surface area (Å²) in [7, 11) is -2.21. The van der Waals surface area contributed by atoms with Crippen molar-refractivity contribution < 1.29 is 8.42 Å². The summed E-state index contributed by atoms with van der Waals surface area (Å²) in [4.78, 5) is 12.6. The molecule has 0 radical (unpaired) electrons. The van der Waals surface area contributed by atoms with Crippen LogP contribution in [-0.4, -0.2) is 24.3 Å². The van der Waals surface area contributed by atoms with Crippen LogP contribution < -0.4 is 4.87 Å². The first kappa shape index (κ1) is 22.0. The highest BCUT2D eigenvalue weighted by atomic mass is 35.5. The zero-order valence-electron chi connectivity index (χ0n) is 16.5. The maximum absolute atomic E-state index is 13.1. The second kappa shape index (κ2) is 8.76. The molecule has 0 saturated heterocycles. The van der Waals surface area contributed by atoms with Crippen LogP contribution in [0.15, 0.2) is 76.4 Å². The van der Waals surface area contributed by atoms with E-state index < -0.39 is 10.0 Å². The summed E-state index contributed by atoms with van der Waals surface area (Å²) in [5, 5.41) is 1.17. The number of fused-ring (bicyclic) bond motifs is 1. The van der Waals surface area contributed by atoms with Gasteiger partial charge < -0.3 is 0 Å². The average Bonchev–Trinajstić information content (AvgIpc) is 3.05. The van der Waals surface area contributed by atoms with Crippen LogP contribution in [0.3, 0.4) is 0 Å². The van der Waals surface area contributed by atoms with Gasteiger partial charge in [-0.2, -0.15) is 4.31 Å². The van der Waals surface area contributed by atoms with E-state index in [2.05, 4.69) is 0 Å². The van der Waals surface area contributed by atoms with Gasteiger partial charge in [0.2, 0.25) is 10.0 Å². The highest BCUT2D eigenvalue weighted by Crippen LogP contribution is 2.26. The Bertz CT molecular complexity index is 1410. The number of rotatable bonds is 6. The van der Waals surface area contributed by atoms with E-state index in [0.29, 0.717) is 26.8 Å². The maximum atomic E-state index is 13.1. The van der Waals surface area contributed by atoms with Crippen molar-refractivity contribution >= 4 is 54.8 Å². The smallest absolute Gasteiger partial charge is 0.294 e. The number of sulfonamides is 1. The van der Waals surface area contributed by atoms with Crippen LogP contribution in [0.2, 0.25) is 10.0 Å². The Hall–Kier alpha value is -2.16. The maximum Gasteiger partial charge on any atom is 0.308 e. The first-order valence-corrected chi connectivity index (χ1v) is 12.3. The van der Waals surface area contributed by atoms with Crippen molar-refractivity contribution in [3.05, 3.63) is 97.6 Å². The molecule has 0 fully saturated rings. The van der Waals surface area contributed by atoms with Gasteiger partial charge in [0.15, 0.2) is 0 Å². The Balaban J connectivity index is 1.65. The topological polar surface area (TPSA) is 59.4 Å². The average molecular weight is 493 g/mol. The van der Waals surface area contributed by atoms with E-state index in [1.165, 1.54) is 17.4 Å². The van der Waals surface area contributed by atoms with E-state index in [1.807, 2.05) is 18.2 Å². The third-order valence-electron chi connectivity index (χ3n) is 4.95. The third kappa shape index (κ3) is 4.56. The molecular weight excluding hydrogens is 475 g/mol. The minimum absolute atomic E-state index is 0.141. The summed E-state index contributed by atoms with van der Waals surface area (Å²) in [6, 6.07) is 19.1. The molecule has 0 spiro atoms. The van der Waals surface area contributed by atoms with Gasteiger partial charge in [-0.3, -0.25) is 9.36 Å². The third-order valence-corrected chi connectivity index (χ3v) is 8.31. The van der Waals surface area contributed by atoms with Crippen LogP contribution in [0, 0.1) is 0 Å². The Morgan fingerprint density at radius 2 is 1.71 bits per heavy atom. The lowest BCUT2D eigenvalue weighted by atomic mass is 10.2. The monoisotopic (exact) mass is 492 g/mol. The highest BCUT2D eigenvalue weighted by Gasteiger charge is 2.22. The number of thiazole rings is 1. The fourth-order valence-corrected chi connectivity index (χ4v) is 5.78. The van der Waals surface area contributed by atoms with Gasteiger partial charge >= 0.3 is 4.87 Å². The summed E-state index contributed by atoms with van der Waals surface area (Å²) >= 11 is 13.2. The molecule has 9 heteroatoms. The van der Waals surface area contributed by atoms with Gasteiger partial charge in [-0.15, -0.1) is 0 Å². The van der Waals surface area contributed by atoms with Crippen molar-refractivity contribution in [2.45, 2.75) is 18.0 Å². The number of benzene rings is 3. The predicted octanol–water partition coefficient (Wildman–Crippen LogP) is 5.24. The van der Waals surface area contributed by atoms with Gasteiger partial charge in [0.1, 0.15) is 0 Å². The lowest BCUT2D eigenvalue weighted by Gasteiger charge is -2.17. The molecule has 0 amide bonds. The molecule has 160 valence electrons. The Morgan fingerprint density at radius 1 is 1.00 bits per heavy atom. The van der Waals surface area contributed by atoms with Crippen molar-refractivity contribution in [1.29, 1.82) is 0 Å². The highest BCUT2D eigenvalue weighted by molar-refractivity contribution is 7.89. The number of halogens is 2. The second-order valence-electron chi connectivity index (χ2n) is 7.06. The van der Waals surface area contributed by atoms with Gasteiger partial charge in [0.25, 0.3) is 0 Å². The quantitative estimate of drug-likeness (QED) is 0.369. The number of hydrogen-bond donors (Lipinski definition) is 0. The van der Waals surface area contributed by atoms with Crippen molar-refractivity contribution in [2.75, 3.05) is 7.05 Å². The standard InChI is InChI=1S/C22H18Cl2N2O3S2/c1-25(13-15-6-8-17(23)9-7-15)31(28,29)18-10-11-20-21(12-18)30-22(27)26(20)14-16-4-2-3-5-19(16)24/h2-12H,13-14H2,1H3. The predicted molar refractivity (Wildman–Crippen MR) is 127 cm³/mol. The Labute approximate surface area is 194 Å². The van der Waals surface area contributed by atoms with E-state index >= 15 is 0 Å². The van der Waals surface area contributed by atoms with Crippen LogP contribution >= 0.6 is 34.5 Å². The molecule has 0 unspecified atom stereocenters. The van der Waals surface area contributed by atoms with Crippen molar-refractivity contribution in [3.63, 3.8) is 0 Å². The molecule has 1 heterocycles. The van der Waals surface area contributed by atoms with Crippen molar-refractivity contribution in [1.82, 2.24) is 8.87 Å². The molecule has 0 N–H and O–H groups in total. The first-order valence-electron chi connectivity index (χ1n) is 9.33. The SMILES string of the molecule is CN(Cc1ccc(Cl)cc1)S(=O)(=O)c1ccc2c(c1)sc(=O)n2Cc1ccccc1Cl. The van der Waals surface area contributed by atoms with Gasteiger partial charge in [0.05, 0.1) is 21.7 Å². The summed E-state index contributed by atoms with van der Waals surface area (Å²) in [6.07, 6.45) is 0. The molecular formula is C22H18Cl2N2O3S2. The molecule has 0 aliphatic heterocycles. The van der Waals surface area contributed by atoms with Crippen LogP contribution in [0.4, 0.5) is 0 Å². The van der Waals surface area contributed by atoms with Gasteiger partial charge in [-0.1, -0.05) is 64.9 Å². The summed E-state index contributed by atoms with van der Waals surface area (Å²) in [6.45, 7) is 0.530. The molecule has 0 aliphatic rings. The van der Waals surface area contributed by atoms with Crippen molar-refractivity contribution in [2.24, 2.45) is 0 Å². The van der Waals surface area contributed by atoms with Crippen LogP contribution in [-0.2, 0) is 23.1 Å². The van der Waals surface area contributed by atoms with Crippen LogP contribution in [0.5, 0.6) is 0 Å². The Morgan fingerprint density at radius 3 is 2.42 bits per heavy atom. The van der Waals surface area contributed by atoms with E-state index in [9.17, 15) is 13.2 Å². The minimum Gasteiger partial charge on any atom is -0.294 e. The summed E-state index contributed by atoms with van der Waals surface area (Å²) in [5.74, 6) is 0. The zero-order valence-corrected chi connectivity index (χ0v) is 19.6. The fraction of sp³-hybridized carbons (Fsp3) is 0.136. The van der Waals surface area contributed by atoms with Crippen LogP contribution in [0.25, 0.3) is 10.2 Å². The lowest BCUT2D eigenvalue weighted by Crippen LogP contribution is -2.26. The molecule has 4 rings (SSSR count). The van der Waals surface area contributed by atoms with Crippen LogP contribution in [0.1, 0.15) is 11.1 Å². The normalized spacial score (nSPS) is 12.0. The van der Waals surface area contributed by atoms with Gasteiger partial charge in [-0.05, 0) is 47.5 Å². The molecule has 1 aromatic heterocycles. The molecule has 0 aliphatic carbocycles. The molecule has 3 aromatic carbocycles.